The molecule has 21 heavy (non-hydrogen) atoms. The van der Waals surface area contributed by atoms with E-state index >= 15 is 0 Å². The molecule has 1 aromatic heterocycles. The summed E-state index contributed by atoms with van der Waals surface area (Å²) in [5.74, 6) is 0.870. The molecular weight excluding hydrogens is 274 g/mol. The molecular formula is C14H19N3O4. The molecule has 1 aromatic rings. The van der Waals surface area contributed by atoms with E-state index < -0.39 is 0 Å². The van der Waals surface area contributed by atoms with Gasteiger partial charge in [0.15, 0.2) is 0 Å². The molecule has 0 N–H and O–H groups in total. The maximum Gasteiger partial charge on any atom is 0.233 e. The van der Waals surface area contributed by atoms with E-state index in [0.717, 1.165) is 6.42 Å². The van der Waals surface area contributed by atoms with Crippen LogP contribution in [0.15, 0.2) is 12.1 Å². The smallest absolute Gasteiger partial charge is 0.233 e. The number of nitrogens with zero attached hydrogens (tertiary/aromatic N) is 3. The van der Waals surface area contributed by atoms with Gasteiger partial charge in [0.2, 0.25) is 17.7 Å². The summed E-state index contributed by atoms with van der Waals surface area (Å²) >= 11 is 0. The van der Waals surface area contributed by atoms with E-state index in [2.05, 4.69) is 10.2 Å². The zero-order valence-corrected chi connectivity index (χ0v) is 12.2. The molecule has 0 aliphatic carbocycles. The van der Waals surface area contributed by atoms with Gasteiger partial charge in [0, 0.05) is 37.9 Å². The fourth-order valence-corrected chi connectivity index (χ4v) is 2.14. The first-order chi connectivity index (χ1) is 10.1. The van der Waals surface area contributed by atoms with Crippen LogP contribution in [0.2, 0.25) is 0 Å². The Kier molecular flexibility index (Phi) is 5.08. The number of ether oxygens (including phenoxy) is 2. The van der Waals surface area contributed by atoms with Crippen molar-refractivity contribution in [1.29, 1.82) is 0 Å². The molecule has 1 saturated heterocycles. The molecule has 1 fully saturated rings. The summed E-state index contributed by atoms with van der Waals surface area (Å²) < 4.78 is 10.6. The minimum absolute atomic E-state index is 0.00267. The summed E-state index contributed by atoms with van der Waals surface area (Å²) in [5, 5.41) is 7.72. The third-order valence-corrected chi connectivity index (χ3v) is 3.30. The van der Waals surface area contributed by atoms with E-state index in [9.17, 15) is 9.59 Å². The van der Waals surface area contributed by atoms with Crippen molar-refractivity contribution in [3.8, 4) is 11.8 Å². The Morgan fingerprint density at radius 1 is 1.29 bits per heavy atom. The molecule has 114 valence electrons. The number of rotatable bonds is 6. The Balaban J connectivity index is 1.81. The molecule has 1 aliphatic rings. The van der Waals surface area contributed by atoms with Crippen molar-refractivity contribution < 1.29 is 19.1 Å². The first-order valence-electron chi connectivity index (χ1n) is 6.90. The van der Waals surface area contributed by atoms with E-state index in [4.69, 9.17) is 9.47 Å². The fraction of sp³-hybridized carbons (Fsp3) is 0.571. The van der Waals surface area contributed by atoms with Crippen molar-refractivity contribution in [2.45, 2.75) is 32.3 Å². The van der Waals surface area contributed by atoms with E-state index in [0.29, 0.717) is 31.3 Å². The number of carbonyl (C=O) groups excluding carboxylic acids is 2. The Morgan fingerprint density at radius 2 is 2.00 bits per heavy atom. The number of Topliss-reactive ketones (excluding diaryl/α,β-unsaturated/α-hetero) is 1. The van der Waals surface area contributed by atoms with Crippen LogP contribution in [-0.4, -0.2) is 53.1 Å². The van der Waals surface area contributed by atoms with Crippen molar-refractivity contribution in [2.75, 3.05) is 20.2 Å². The first-order valence-corrected chi connectivity index (χ1v) is 6.90. The molecule has 7 heteroatoms. The average molecular weight is 293 g/mol. The second-order valence-electron chi connectivity index (χ2n) is 4.98. The van der Waals surface area contributed by atoms with Gasteiger partial charge in [0.1, 0.15) is 11.9 Å². The van der Waals surface area contributed by atoms with Crippen molar-refractivity contribution in [3.63, 3.8) is 0 Å². The standard InChI is InChI=1S/C14H19N3O4/c1-10(18)3-6-14(19)17-8-7-11(9-17)21-13-5-4-12(20-2)15-16-13/h4-5,11H,3,6-9H2,1-2H3. The van der Waals surface area contributed by atoms with Crippen molar-refractivity contribution >= 4 is 11.7 Å². The van der Waals surface area contributed by atoms with Crippen LogP contribution in [0.25, 0.3) is 0 Å². The predicted molar refractivity (Wildman–Crippen MR) is 74.1 cm³/mol. The van der Waals surface area contributed by atoms with Gasteiger partial charge in [-0.05, 0) is 6.92 Å². The van der Waals surface area contributed by atoms with Gasteiger partial charge in [-0.3, -0.25) is 4.79 Å². The highest BCUT2D eigenvalue weighted by atomic mass is 16.5. The van der Waals surface area contributed by atoms with Gasteiger partial charge >= 0.3 is 0 Å². The molecule has 2 heterocycles. The molecule has 0 radical (unpaired) electrons. The highest BCUT2D eigenvalue weighted by Crippen LogP contribution is 2.18. The second-order valence-corrected chi connectivity index (χ2v) is 4.98. The number of amides is 1. The van der Waals surface area contributed by atoms with E-state index in [1.165, 1.54) is 14.0 Å². The predicted octanol–water partition coefficient (Wildman–Crippen LogP) is 0.834. The highest BCUT2D eigenvalue weighted by molar-refractivity contribution is 5.83. The first kappa shape index (κ1) is 15.2. The van der Waals surface area contributed by atoms with Gasteiger partial charge in [0.05, 0.1) is 13.7 Å². The maximum absolute atomic E-state index is 11.9. The fourth-order valence-electron chi connectivity index (χ4n) is 2.14. The molecule has 1 unspecified atom stereocenters. The lowest BCUT2D eigenvalue weighted by Gasteiger charge is -2.16. The van der Waals surface area contributed by atoms with Crippen LogP contribution in [0.3, 0.4) is 0 Å². The quantitative estimate of drug-likeness (QED) is 0.773. The number of carbonyl (C=O) groups is 2. The zero-order valence-electron chi connectivity index (χ0n) is 12.2. The summed E-state index contributed by atoms with van der Waals surface area (Å²) in [7, 11) is 1.52. The van der Waals surface area contributed by atoms with Gasteiger partial charge in [-0.2, -0.15) is 0 Å². The Morgan fingerprint density at radius 3 is 2.62 bits per heavy atom. The Bertz CT molecular complexity index is 503. The van der Waals surface area contributed by atoms with Gasteiger partial charge in [-0.1, -0.05) is 0 Å². The van der Waals surface area contributed by atoms with E-state index in [1.807, 2.05) is 0 Å². The Hall–Kier alpha value is -2.18. The zero-order chi connectivity index (χ0) is 15.2. The lowest BCUT2D eigenvalue weighted by Crippen LogP contribution is -2.31. The van der Waals surface area contributed by atoms with Crippen LogP contribution in [0.4, 0.5) is 0 Å². The van der Waals surface area contributed by atoms with Crippen molar-refractivity contribution in [1.82, 2.24) is 15.1 Å². The van der Waals surface area contributed by atoms with Crippen molar-refractivity contribution in [2.24, 2.45) is 0 Å². The molecule has 0 saturated carbocycles. The number of methoxy groups -OCH3 is 1. The van der Waals surface area contributed by atoms with Crippen molar-refractivity contribution in [3.05, 3.63) is 12.1 Å². The number of hydrogen-bond acceptors (Lipinski definition) is 6. The summed E-state index contributed by atoms with van der Waals surface area (Å²) in [6.45, 7) is 2.65. The highest BCUT2D eigenvalue weighted by Gasteiger charge is 2.27. The van der Waals surface area contributed by atoms with Crippen LogP contribution in [0, 0.1) is 0 Å². The molecule has 1 aliphatic heterocycles. The lowest BCUT2D eigenvalue weighted by molar-refractivity contribution is -0.132. The van der Waals surface area contributed by atoms with Gasteiger partial charge < -0.3 is 19.2 Å². The number of ketones is 1. The third-order valence-electron chi connectivity index (χ3n) is 3.30. The molecule has 7 nitrogen and oxygen atoms in total. The second kappa shape index (κ2) is 7.01. The summed E-state index contributed by atoms with van der Waals surface area (Å²) in [5.41, 5.74) is 0. The summed E-state index contributed by atoms with van der Waals surface area (Å²) in [4.78, 5) is 24.5. The molecule has 0 spiro atoms. The van der Waals surface area contributed by atoms with Crippen LogP contribution in [0.1, 0.15) is 26.2 Å². The maximum atomic E-state index is 11.9. The molecule has 0 aromatic carbocycles. The van der Waals surface area contributed by atoms with Gasteiger partial charge in [-0.15, -0.1) is 10.2 Å². The normalized spacial score (nSPS) is 17.6. The molecule has 0 bridgehead atoms. The van der Waals surface area contributed by atoms with E-state index in [-0.39, 0.29) is 24.2 Å². The Labute approximate surface area is 123 Å². The molecule has 2 rings (SSSR count). The van der Waals surface area contributed by atoms with Crippen LogP contribution >= 0.6 is 0 Å². The SMILES string of the molecule is COc1ccc(OC2CCN(C(=O)CCC(C)=O)C2)nn1. The molecule has 1 atom stereocenters. The number of hydrogen-bond donors (Lipinski definition) is 0. The number of likely N-dealkylation sites (tertiary alicyclic amines) is 1. The summed E-state index contributed by atoms with van der Waals surface area (Å²) in [6.07, 6.45) is 1.23. The minimum atomic E-state index is -0.0889. The topological polar surface area (TPSA) is 81.6 Å². The summed E-state index contributed by atoms with van der Waals surface area (Å²) in [6, 6.07) is 3.36. The lowest BCUT2D eigenvalue weighted by atomic mass is 10.2. The van der Waals surface area contributed by atoms with Gasteiger partial charge in [-0.25, -0.2) is 0 Å². The third kappa shape index (κ3) is 4.40. The van der Waals surface area contributed by atoms with Gasteiger partial charge in [0.25, 0.3) is 0 Å². The average Bonchev–Trinajstić information content (AvgIpc) is 2.94. The van der Waals surface area contributed by atoms with Crippen LogP contribution in [0.5, 0.6) is 11.8 Å². The molecule has 1 amide bonds. The van der Waals surface area contributed by atoms with E-state index in [1.54, 1.807) is 17.0 Å². The largest absolute Gasteiger partial charge is 0.480 e. The number of aromatic nitrogens is 2. The van der Waals surface area contributed by atoms with Crippen LogP contribution < -0.4 is 9.47 Å². The monoisotopic (exact) mass is 293 g/mol. The van der Waals surface area contributed by atoms with Crippen LogP contribution in [-0.2, 0) is 9.59 Å². The minimum Gasteiger partial charge on any atom is -0.480 e.